The van der Waals surface area contributed by atoms with Crippen LogP contribution < -0.4 is 29.6 Å². The van der Waals surface area contributed by atoms with Crippen LogP contribution in [0.25, 0.3) is 0 Å². The molecule has 0 heterocycles. The molecule has 8 nitrogen and oxygen atoms in total. The molecule has 0 bridgehead atoms. The summed E-state index contributed by atoms with van der Waals surface area (Å²) in [7, 11) is -9.15. The molecule has 2 N–H and O–H groups in total. The molecule has 0 radical (unpaired) electrons. The van der Waals surface area contributed by atoms with Crippen LogP contribution in [0.3, 0.4) is 0 Å². The summed E-state index contributed by atoms with van der Waals surface area (Å²) in [4.78, 5) is 0. The van der Waals surface area contributed by atoms with Gasteiger partial charge < -0.3 is 4.55 Å². The maximum atomic E-state index is 10.1. The fourth-order valence-corrected chi connectivity index (χ4v) is 1.72. The minimum absolute atomic E-state index is 0. The monoisotopic (exact) mass is 358 g/mol. The van der Waals surface area contributed by atoms with E-state index in [0.717, 1.165) is 12.8 Å². The fourth-order valence-electron chi connectivity index (χ4n) is 1.40. The second-order valence-corrected chi connectivity index (χ2v) is 6.10. The molecule has 0 aliphatic rings. The smallest absolute Gasteiger partial charge is 0.726 e. The molecule has 0 aliphatic carbocycles. The summed E-state index contributed by atoms with van der Waals surface area (Å²) in [6.45, 7) is 2.21. The largest absolute Gasteiger partial charge is 1.00 e. The van der Waals surface area contributed by atoms with Gasteiger partial charge >= 0.3 is 40.0 Å². The predicted molar refractivity (Wildman–Crippen MR) is 72.4 cm³/mol. The van der Waals surface area contributed by atoms with Crippen molar-refractivity contribution in [3.8, 4) is 0 Å². The summed E-state index contributed by atoms with van der Waals surface area (Å²) in [5.41, 5.74) is 0. The SMILES string of the molecule is CCCCCCCCCCOS(=O)(=O)[O-].O=S(=O)(O)O.[Na+]. The van der Waals surface area contributed by atoms with Crippen LogP contribution in [-0.2, 0) is 25.0 Å². The second-order valence-electron chi connectivity index (χ2n) is 4.15. The third-order valence-electron chi connectivity index (χ3n) is 2.23. The Bertz CT molecular complexity index is 399. The van der Waals surface area contributed by atoms with Crippen molar-refractivity contribution < 1.29 is 64.2 Å². The van der Waals surface area contributed by atoms with E-state index in [-0.39, 0.29) is 36.2 Å². The minimum atomic E-state index is -4.67. The molecule has 0 aromatic carbocycles. The summed E-state index contributed by atoms with van der Waals surface area (Å²) < 4.78 is 65.9. The molecule has 0 saturated heterocycles. The second kappa shape index (κ2) is 15.6. The molecular weight excluding hydrogens is 335 g/mol. The van der Waals surface area contributed by atoms with Gasteiger partial charge in [-0.15, -0.1) is 0 Å². The Balaban J connectivity index is -0.000000465. The van der Waals surface area contributed by atoms with Crippen molar-refractivity contribution in [2.45, 2.75) is 58.3 Å². The molecular formula is C10H23NaO8S2. The van der Waals surface area contributed by atoms with Gasteiger partial charge in [-0.1, -0.05) is 51.9 Å². The quantitative estimate of drug-likeness (QED) is 0.218. The molecule has 0 saturated carbocycles. The van der Waals surface area contributed by atoms with Gasteiger partial charge in [0.05, 0.1) is 6.61 Å². The van der Waals surface area contributed by atoms with E-state index in [0.29, 0.717) is 6.42 Å². The van der Waals surface area contributed by atoms with Crippen LogP contribution in [0.2, 0.25) is 0 Å². The first-order valence-corrected chi connectivity index (χ1v) is 9.09. The zero-order valence-electron chi connectivity index (χ0n) is 12.5. The van der Waals surface area contributed by atoms with Gasteiger partial charge in [-0.3, -0.25) is 13.3 Å². The average Bonchev–Trinajstić information content (AvgIpc) is 2.23. The first kappa shape index (κ1) is 26.6. The molecule has 0 amide bonds. The van der Waals surface area contributed by atoms with E-state index in [1.807, 2.05) is 0 Å². The normalized spacial score (nSPS) is 11.2. The van der Waals surface area contributed by atoms with Gasteiger partial charge in [-0.25, -0.2) is 8.42 Å². The summed E-state index contributed by atoms with van der Waals surface area (Å²) in [6.07, 6.45) is 8.91. The molecule has 124 valence electrons. The molecule has 0 aliphatic heterocycles. The van der Waals surface area contributed by atoms with Crippen molar-refractivity contribution in [2.75, 3.05) is 6.61 Å². The number of unbranched alkanes of at least 4 members (excludes halogenated alkanes) is 7. The summed E-state index contributed by atoms with van der Waals surface area (Å²) >= 11 is 0. The molecule has 0 fully saturated rings. The van der Waals surface area contributed by atoms with Crippen LogP contribution in [0.4, 0.5) is 0 Å². The van der Waals surface area contributed by atoms with Crippen LogP contribution in [0, 0.1) is 0 Å². The molecule has 11 heteroatoms. The molecule has 21 heavy (non-hydrogen) atoms. The minimum Gasteiger partial charge on any atom is -0.726 e. The van der Waals surface area contributed by atoms with E-state index in [9.17, 15) is 13.0 Å². The van der Waals surface area contributed by atoms with E-state index in [1.165, 1.54) is 32.1 Å². The summed E-state index contributed by atoms with van der Waals surface area (Å²) in [5.74, 6) is 0. The van der Waals surface area contributed by atoms with Crippen molar-refractivity contribution in [3.63, 3.8) is 0 Å². The van der Waals surface area contributed by atoms with Crippen molar-refractivity contribution >= 4 is 20.8 Å². The van der Waals surface area contributed by atoms with Gasteiger partial charge in [0.15, 0.2) is 0 Å². The van der Waals surface area contributed by atoms with Gasteiger partial charge in [0, 0.05) is 0 Å². The third kappa shape index (κ3) is 44.9. The number of hydrogen-bond acceptors (Lipinski definition) is 6. The Kier molecular flexibility index (Phi) is 19.8. The van der Waals surface area contributed by atoms with Crippen molar-refractivity contribution in [1.29, 1.82) is 0 Å². The van der Waals surface area contributed by atoms with Crippen LogP contribution in [0.15, 0.2) is 0 Å². The standard InChI is InChI=1S/C10H22O4S.Na.H2O4S/c1-2-3-4-5-6-7-8-9-10-14-15(11,12)13;;1-5(2,3)4/h2-10H2,1H3,(H,11,12,13);;(H2,1,2,3,4)/q;+1;/p-1. The van der Waals surface area contributed by atoms with E-state index in [1.54, 1.807) is 0 Å². The van der Waals surface area contributed by atoms with Crippen LogP contribution >= 0.6 is 0 Å². The third-order valence-corrected chi connectivity index (χ3v) is 2.68. The zero-order chi connectivity index (χ0) is 16.1. The Labute approximate surface area is 149 Å². The zero-order valence-corrected chi connectivity index (χ0v) is 16.2. The molecule has 0 unspecified atom stereocenters. The van der Waals surface area contributed by atoms with Crippen LogP contribution in [0.1, 0.15) is 58.3 Å². The van der Waals surface area contributed by atoms with E-state index in [4.69, 9.17) is 17.5 Å². The molecule has 0 atom stereocenters. The topological polar surface area (TPSA) is 141 Å². The Morgan fingerprint density at radius 3 is 1.52 bits per heavy atom. The van der Waals surface area contributed by atoms with Crippen molar-refractivity contribution in [3.05, 3.63) is 0 Å². The van der Waals surface area contributed by atoms with Crippen LogP contribution in [0.5, 0.6) is 0 Å². The Morgan fingerprint density at radius 2 is 1.19 bits per heavy atom. The Hall–Kier alpha value is 0.740. The van der Waals surface area contributed by atoms with Gasteiger partial charge in [-0.2, -0.15) is 8.42 Å². The van der Waals surface area contributed by atoms with E-state index >= 15 is 0 Å². The predicted octanol–water partition coefficient (Wildman–Crippen LogP) is -1.04. The maximum absolute atomic E-state index is 10.1. The number of hydrogen-bond donors (Lipinski definition) is 2. The van der Waals surface area contributed by atoms with Gasteiger partial charge in [0.2, 0.25) is 10.4 Å². The molecule has 0 aromatic heterocycles. The fraction of sp³-hybridized carbons (Fsp3) is 1.00. The average molecular weight is 358 g/mol. The van der Waals surface area contributed by atoms with Crippen molar-refractivity contribution in [2.24, 2.45) is 0 Å². The maximum Gasteiger partial charge on any atom is 1.00 e. The number of rotatable bonds is 10. The van der Waals surface area contributed by atoms with Gasteiger partial charge in [0.25, 0.3) is 0 Å². The summed E-state index contributed by atoms with van der Waals surface area (Å²) in [5, 5.41) is 0. The first-order valence-electron chi connectivity index (χ1n) is 6.36. The van der Waals surface area contributed by atoms with Crippen molar-refractivity contribution in [1.82, 2.24) is 0 Å². The van der Waals surface area contributed by atoms with E-state index in [2.05, 4.69) is 11.1 Å². The summed E-state index contributed by atoms with van der Waals surface area (Å²) in [6, 6.07) is 0. The van der Waals surface area contributed by atoms with Crippen LogP contribution in [-0.4, -0.2) is 37.1 Å². The van der Waals surface area contributed by atoms with Gasteiger partial charge in [0.1, 0.15) is 0 Å². The molecule has 0 rings (SSSR count). The van der Waals surface area contributed by atoms with Gasteiger partial charge in [-0.05, 0) is 6.42 Å². The Morgan fingerprint density at radius 1 is 0.857 bits per heavy atom. The first-order chi connectivity index (χ1) is 9.06. The van der Waals surface area contributed by atoms with E-state index < -0.39 is 20.8 Å². The molecule has 0 aromatic rings. The molecule has 0 spiro atoms.